The van der Waals surface area contributed by atoms with E-state index in [4.69, 9.17) is 38.3 Å². The van der Waals surface area contributed by atoms with E-state index in [-0.39, 0.29) is 6.61 Å². The van der Waals surface area contributed by atoms with Crippen molar-refractivity contribution in [2.24, 2.45) is 0 Å². The average Bonchev–Trinajstić information content (AvgIpc) is 2.23. The third kappa shape index (κ3) is 3.99. The quantitative estimate of drug-likeness (QED) is 0.828. The van der Waals surface area contributed by atoms with Crippen molar-refractivity contribution in [3.05, 3.63) is 33.8 Å². The summed E-state index contributed by atoms with van der Waals surface area (Å²) >= 11 is 11.6. The number of aliphatic hydroxyl groups is 1. The van der Waals surface area contributed by atoms with Crippen LogP contribution in [0.3, 0.4) is 0 Å². The standard InChI is InChI=1S/C11H11Cl2NO2/c12-9-4-8(5-10(13)6-9)11(7-14)16-3-1-2-15/h4-6,11,15H,1-3H2. The first kappa shape index (κ1) is 13.3. The Hall–Kier alpha value is -0.790. The average molecular weight is 260 g/mol. The molecule has 0 bridgehead atoms. The zero-order valence-electron chi connectivity index (χ0n) is 8.49. The fourth-order valence-electron chi connectivity index (χ4n) is 1.20. The summed E-state index contributed by atoms with van der Waals surface area (Å²) in [5.74, 6) is 0. The highest BCUT2D eigenvalue weighted by Gasteiger charge is 2.12. The number of ether oxygens (including phenoxy) is 1. The molecule has 0 aliphatic carbocycles. The molecule has 1 unspecified atom stereocenters. The van der Waals surface area contributed by atoms with Crippen molar-refractivity contribution in [1.82, 2.24) is 0 Å². The number of rotatable bonds is 5. The molecule has 1 N–H and O–H groups in total. The second-order valence-electron chi connectivity index (χ2n) is 3.16. The van der Waals surface area contributed by atoms with Crippen LogP contribution in [0.5, 0.6) is 0 Å². The molecule has 0 aliphatic heterocycles. The Labute approximate surface area is 104 Å². The number of nitriles is 1. The monoisotopic (exact) mass is 259 g/mol. The molecule has 0 saturated heterocycles. The van der Waals surface area contributed by atoms with Gasteiger partial charge in [-0.05, 0) is 30.2 Å². The molecule has 1 atom stereocenters. The first-order valence-corrected chi connectivity index (χ1v) is 5.51. The number of hydrogen-bond acceptors (Lipinski definition) is 3. The molecule has 1 aromatic rings. The molecule has 3 nitrogen and oxygen atoms in total. The summed E-state index contributed by atoms with van der Waals surface area (Å²) in [6.07, 6.45) is -0.213. The molecule has 0 saturated carbocycles. The van der Waals surface area contributed by atoms with Crippen molar-refractivity contribution in [3.63, 3.8) is 0 Å². The minimum absolute atomic E-state index is 0.0362. The fraction of sp³-hybridized carbons (Fsp3) is 0.364. The summed E-state index contributed by atoms with van der Waals surface area (Å²) < 4.78 is 5.29. The van der Waals surface area contributed by atoms with Crippen molar-refractivity contribution >= 4 is 23.2 Å². The fourth-order valence-corrected chi connectivity index (χ4v) is 1.74. The molecule has 0 aliphatic rings. The second kappa shape index (κ2) is 6.72. The van der Waals surface area contributed by atoms with Crippen LogP contribution in [0.4, 0.5) is 0 Å². The predicted octanol–water partition coefficient (Wildman–Crippen LogP) is 2.96. The van der Waals surface area contributed by atoms with Gasteiger partial charge in [-0.3, -0.25) is 0 Å². The molecule has 0 radical (unpaired) electrons. The maximum Gasteiger partial charge on any atom is 0.169 e. The third-order valence-corrected chi connectivity index (χ3v) is 2.33. The van der Waals surface area contributed by atoms with E-state index in [2.05, 4.69) is 0 Å². The van der Waals surface area contributed by atoms with Crippen molar-refractivity contribution in [2.45, 2.75) is 12.5 Å². The lowest BCUT2D eigenvalue weighted by molar-refractivity contribution is 0.0774. The van der Waals surface area contributed by atoms with Crippen LogP contribution >= 0.6 is 23.2 Å². The van der Waals surface area contributed by atoms with E-state index in [0.29, 0.717) is 28.6 Å². The van der Waals surface area contributed by atoms with E-state index in [1.807, 2.05) is 6.07 Å². The van der Waals surface area contributed by atoms with Gasteiger partial charge in [0.05, 0.1) is 12.7 Å². The van der Waals surface area contributed by atoms with Gasteiger partial charge in [0, 0.05) is 16.7 Å². The summed E-state index contributed by atoms with van der Waals surface area (Å²) in [6, 6.07) is 6.88. The molecule has 1 rings (SSSR count). The number of benzene rings is 1. The van der Waals surface area contributed by atoms with E-state index in [0.717, 1.165) is 0 Å². The lowest BCUT2D eigenvalue weighted by Gasteiger charge is -2.11. The van der Waals surface area contributed by atoms with Crippen LogP contribution in [0.1, 0.15) is 18.1 Å². The zero-order valence-corrected chi connectivity index (χ0v) is 10.0. The molecule has 1 aromatic carbocycles. The normalized spacial score (nSPS) is 12.1. The van der Waals surface area contributed by atoms with Gasteiger partial charge in [-0.1, -0.05) is 23.2 Å². The molecule has 0 spiro atoms. The highest BCUT2D eigenvalue weighted by Crippen LogP contribution is 2.25. The minimum atomic E-state index is -0.706. The van der Waals surface area contributed by atoms with Crippen LogP contribution in [0, 0.1) is 11.3 Å². The summed E-state index contributed by atoms with van der Waals surface area (Å²) in [5, 5.41) is 18.5. The van der Waals surface area contributed by atoms with Gasteiger partial charge in [0.1, 0.15) is 0 Å². The van der Waals surface area contributed by atoms with Crippen molar-refractivity contribution in [2.75, 3.05) is 13.2 Å². The van der Waals surface area contributed by atoms with E-state index >= 15 is 0 Å². The number of halogens is 2. The van der Waals surface area contributed by atoms with E-state index in [9.17, 15) is 0 Å². The smallest absolute Gasteiger partial charge is 0.169 e. The molecule has 0 fully saturated rings. The lowest BCUT2D eigenvalue weighted by atomic mass is 10.1. The van der Waals surface area contributed by atoms with E-state index < -0.39 is 6.10 Å². The number of nitrogens with zero attached hydrogens (tertiary/aromatic N) is 1. The Morgan fingerprint density at radius 2 is 1.94 bits per heavy atom. The SMILES string of the molecule is N#CC(OCCCO)c1cc(Cl)cc(Cl)c1. The van der Waals surface area contributed by atoms with Crippen LogP contribution < -0.4 is 0 Å². The van der Waals surface area contributed by atoms with Crippen LogP contribution in [0.2, 0.25) is 10.0 Å². The van der Waals surface area contributed by atoms with Crippen LogP contribution in [-0.4, -0.2) is 18.3 Å². The van der Waals surface area contributed by atoms with Gasteiger partial charge < -0.3 is 9.84 Å². The molecule has 0 aromatic heterocycles. The highest BCUT2D eigenvalue weighted by molar-refractivity contribution is 6.34. The topological polar surface area (TPSA) is 53.2 Å². The Bertz CT molecular complexity index is 370. The van der Waals surface area contributed by atoms with Crippen LogP contribution in [0.15, 0.2) is 18.2 Å². The predicted molar refractivity (Wildman–Crippen MR) is 62.5 cm³/mol. The molecular weight excluding hydrogens is 249 g/mol. The van der Waals surface area contributed by atoms with Gasteiger partial charge in [-0.25, -0.2) is 0 Å². The maximum atomic E-state index is 8.94. The minimum Gasteiger partial charge on any atom is -0.396 e. The van der Waals surface area contributed by atoms with Gasteiger partial charge in [-0.15, -0.1) is 0 Å². The Morgan fingerprint density at radius 1 is 1.31 bits per heavy atom. The summed E-state index contributed by atoms with van der Waals surface area (Å²) in [5.41, 5.74) is 0.623. The largest absolute Gasteiger partial charge is 0.396 e. The number of aliphatic hydroxyl groups excluding tert-OH is 1. The van der Waals surface area contributed by atoms with Crippen molar-refractivity contribution < 1.29 is 9.84 Å². The van der Waals surface area contributed by atoms with Gasteiger partial charge >= 0.3 is 0 Å². The molecule has 86 valence electrons. The summed E-state index contributed by atoms with van der Waals surface area (Å²) in [6.45, 7) is 0.354. The number of hydrogen-bond donors (Lipinski definition) is 1. The molecule has 5 heteroatoms. The Balaban J connectivity index is 2.75. The first-order valence-electron chi connectivity index (χ1n) is 4.75. The molecular formula is C11H11Cl2NO2. The summed E-state index contributed by atoms with van der Waals surface area (Å²) in [7, 11) is 0. The maximum absolute atomic E-state index is 8.94. The summed E-state index contributed by atoms with van der Waals surface area (Å²) in [4.78, 5) is 0. The highest BCUT2D eigenvalue weighted by atomic mass is 35.5. The van der Waals surface area contributed by atoms with Gasteiger partial charge in [-0.2, -0.15) is 5.26 Å². The van der Waals surface area contributed by atoms with Crippen LogP contribution in [-0.2, 0) is 4.74 Å². The van der Waals surface area contributed by atoms with Gasteiger partial charge in [0.2, 0.25) is 0 Å². The van der Waals surface area contributed by atoms with Crippen molar-refractivity contribution in [3.8, 4) is 6.07 Å². The van der Waals surface area contributed by atoms with Crippen LogP contribution in [0.25, 0.3) is 0 Å². The molecule has 16 heavy (non-hydrogen) atoms. The zero-order chi connectivity index (χ0) is 12.0. The Morgan fingerprint density at radius 3 is 2.44 bits per heavy atom. The Kier molecular flexibility index (Phi) is 5.58. The second-order valence-corrected chi connectivity index (χ2v) is 4.03. The molecule has 0 amide bonds. The van der Waals surface area contributed by atoms with E-state index in [1.54, 1.807) is 18.2 Å². The van der Waals surface area contributed by atoms with E-state index in [1.165, 1.54) is 0 Å². The first-order chi connectivity index (χ1) is 7.67. The van der Waals surface area contributed by atoms with Gasteiger partial charge in [0.15, 0.2) is 6.10 Å². The third-order valence-electron chi connectivity index (χ3n) is 1.89. The van der Waals surface area contributed by atoms with Gasteiger partial charge in [0.25, 0.3) is 0 Å². The molecule has 0 heterocycles. The lowest BCUT2D eigenvalue weighted by Crippen LogP contribution is -2.04. The van der Waals surface area contributed by atoms with Crippen molar-refractivity contribution in [1.29, 1.82) is 5.26 Å².